The van der Waals surface area contributed by atoms with Gasteiger partial charge in [-0.05, 0) is 31.9 Å². The van der Waals surface area contributed by atoms with Gasteiger partial charge in [0.05, 0.1) is 6.04 Å². The molecule has 1 unspecified atom stereocenters. The van der Waals surface area contributed by atoms with Gasteiger partial charge >= 0.3 is 0 Å². The average Bonchev–Trinajstić information content (AvgIpc) is 3.08. The van der Waals surface area contributed by atoms with Crippen LogP contribution in [0.4, 0.5) is 0 Å². The molecule has 24 heavy (non-hydrogen) atoms. The van der Waals surface area contributed by atoms with Gasteiger partial charge in [-0.15, -0.1) is 0 Å². The molecule has 1 aliphatic rings. The molecule has 0 bridgehead atoms. The van der Waals surface area contributed by atoms with E-state index in [1.54, 1.807) is 0 Å². The number of aryl methyl sites for hydroxylation is 2. The van der Waals surface area contributed by atoms with Gasteiger partial charge in [-0.25, -0.2) is 0 Å². The molecule has 1 aromatic carbocycles. The summed E-state index contributed by atoms with van der Waals surface area (Å²) in [5.74, 6) is 0.888. The molecule has 0 spiro atoms. The maximum atomic E-state index is 12.3. The molecular formula is C19H22N2O3. The second kappa shape index (κ2) is 6.91. The summed E-state index contributed by atoms with van der Waals surface area (Å²) in [5, 5.41) is 2.91. The number of amides is 2. The van der Waals surface area contributed by atoms with Crippen molar-refractivity contribution in [3.63, 3.8) is 0 Å². The third kappa shape index (κ3) is 3.67. The van der Waals surface area contributed by atoms with E-state index in [-0.39, 0.29) is 17.9 Å². The van der Waals surface area contributed by atoms with Gasteiger partial charge < -0.3 is 14.6 Å². The summed E-state index contributed by atoms with van der Waals surface area (Å²) in [4.78, 5) is 26.3. The summed E-state index contributed by atoms with van der Waals surface area (Å²) >= 11 is 0. The van der Waals surface area contributed by atoms with Crippen LogP contribution in [0.5, 0.6) is 0 Å². The van der Waals surface area contributed by atoms with Crippen molar-refractivity contribution in [2.24, 2.45) is 0 Å². The molecule has 1 aliphatic heterocycles. The van der Waals surface area contributed by atoms with Crippen molar-refractivity contribution >= 4 is 11.8 Å². The molecule has 1 fully saturated rings. The van der Waals surface area contributed by atoms with E-state index in [1.807, 2.05) is 43.0 Å². The standard InChI is InChI=1S/C19H22N2O3/c1-13-10-14(2)24-18(13)19(23)20-16-11-17(22)21(12-16)9-8-15-6-4-3-5-7-15/h3-7,10,16H,8-9,11-12H2,1-2H3,(H,20,23). The molecule has 5 heteroatoms. The molecule has 1 saturated heterocycles. The Morgan fingerprint density at radius 2 is 2.04 bits per heavy atom. The zero-order valence-electron chi connectivity index (χ0n) is 14.0. The van der Waals surface area contributed by atoms with Crippen LogP contribution >= 0.6 is 0 Å². The predicted molar refractivity (Wildman–Crippen MR) is 90.8 cm³/mol. The van der Waals surface area contributed by atoms with Crippen molar-refractivity contribution in [2.75, 3.05) is 13.1 Å². The van der Waals surface area contributed by atoms with Crippen LogP contribution in [0.1, 0.15) is 33.9 Å². The molecule has 1 N–H and O–H groups in total. The molecule has 2 amide bonds. The lowest BCUT2D eigenvalue weighted by molar-refractivity contribution is -0.127. The molecule has 0 radical (unpaired) electrons. The van der Waals surface area contributed by atoms with Crippen molar-refractivity contribution in [2.45, 2.75) is 32.7 Å². The van der Waals surface area contributed by atoms with Gasteiger partial charge in [0, 0.05) is 25.1 Å². The maximum absolute atomic E-state index is 12.3. The van der Waals surface area contributed by atoms with Crippen molar-refractivity contribution < 1.29 is 14.0 Å². The number of furan rings is 1. The van der Waals surface area contributed by atoms with Crippen LogP contribution in [0.3, 0.4) is 0 Å². The Morgan fingerprint density at radius 3 is 2.71 bits per heavy atom. The highest BCUT2D eigenvalue weighted by Gasteiger charge is 2.31. The molecule has 0 saturated carbocycles. The lowest BCUT2D eigenvalue weighted by Crippen LogP contribution is -2.37. The molecule has 5 nitrogen and oxygen atoms in total. The van der Waals surface area contributed by atoms with Gasteiger partial charge in [0.2, 0.25) is 5.91 Å². The average molecular weight is 326 g/mol. The smallest absolute Gasteiger partial charge is 0.287 e. The zero-order valence-corrected chi connectivity index (χ0v) is 14.0. The Bertz CT molecular complexity index is 736. The maximum Gasteiger partial charge on any atom is 0.287 e. The quantitative estimate of drug-likeness (QED) is 0.918. The van der Waals surface area contributed by atoms with Gasteiger partial charge in [-0.2, -0.15) is 0 Å². The number of carbonyl (C=O) groups excluding carboxylic acids is 2. The highest BCUT2D eigenvalue weighted by Crippen LogP contribution is 2.16. The number of benzene rings is 1. The second-order valence-corrected chi connectivity index (χ2v) is 6.32. The van der Waals surface area contributed by atoms with Crippen LogP contribution in [-0.4, -0.2) is 35.8 Å². The fraction of sp³-hybridized carbons (Fsp3) is 0.368. The Hall–Kier alpha value is -2.56. The molecule has 1 atom stereocenters. The monoisotopic (exact) mass is 326 g/mol. The minimum atomic E-state index is -0.247. The summed E-state index contributed by atoms with van der Waals surface area (Å²) < 4.78 is 5.43. The largest absolute Gasteiger partial charge is 0.456 e. The topological polar surface area (TPSA) is 62.6 Å². The van der Waals surface area contributed by atoms with Gasteiger partial charge in [-0.1, -0.05) is 30.3 Å². The number of nitrogens with zero attached hydrogens (tertiary/aromatic N) is 1. The predicted octanol–water partition coefficient (Wildman–Crippen LogP) is 2.47. The third-order valence-corrected chi connectivity index (χ3v) is 4.31. The van der Waals surface area contributed by atoms with Crippen LogP contribution in [-0.2, 0) is 11.2 Å². The van der Waals surface area contributed by atoms with Crippen LogP contribution in [0.25, 0.3) is 0 Å². The lowest BCUT2D eigenvalue weighted by atomic mass is 10.1. The Labute approximate surface area is 141 Å². The van der Waals surface area contributed by atoms with Crippen molar-refractivity contribution in [1.82, 2.24) is 10.2 Å². The van der Waals surface area contributed by atoms with Gasteiger partial charge in [-0.3, -0.25) is 9.59 Å². The molecule has 2 heterocycles. The van der Waals surface area contributed by atoms with Gasteiger partial charge in [0.25, 0.3) is 5.91 Å². The number of carbonyl (C=O) groups is 2. The van der Waals surface area contributed by atoms with E-state index in [9.17, 15) is 9.59 Å². The first kappa shape index (κ1) is 16.3. The summed E-state index contributed by atoms with van der Waals surface area (Å²) in [6, 6.07) is 11.8. The SMILES string of the molecule is Cc1cc(C)c(C(=O)NC2CC(=O)N(CCc3ccccc3)C2)o1. The number of hydrogen-bond donors (Lipinski definition) is 1. The molecule has 126 valence electrons. The first-order valence-corrected chi connectivity index (χ1v) is 8.22. The van der Waals surface area contributed by atoms with Gasteiger partial charge in [0.1, 0.15) is 5.76 Å². The Balaban J connectivity index is 1.54. The fourth-order valence-electron chi connectivity index (χ4n) is 3.11. The van der Waals surface area contributed by atoms with E-state index in [2.05, 4.69) is 17.4 Å². The highest BCUT2D eigenvalue weighted by molar-refractivity contribution is 5.93. The minimum absolute atomic E-state index is 0.0866. The number of nitrogens with one attached hydrogen (secondary N) is 1. The summed E-state index contributed by atoms with van der Waals surface area (Å²) in [7, 11) is 0. The first-order valence-electron chi connectivity index (χ1n) is 8.22. The van der Waals surface area contributed by atoms with E-state index in [1.165, 1.54) is 5.56 Å². The van der Waals surface area contributed by atoms with Crippen LogP contribution < -0.4 is 5.32 Å². The van der Waals surface area contributed by atoms with Crippen LogP contribution in [0, 0.1) is 13.8 Å². The minimum Gasteiger partial charge on any atom is -0.456 e. The van der Waals surface area contributed by atoms with E-state index in [0.717, 1.165) is 12.0 Å². The van der Waals surface area contributed by atoms with Crippen LogP contribution in [0.2, 0.25) is 0 Å². The molecule has 0 aliphatic carbocycles. The van der Waals surface area contributed by atoms with Crippen molar-refractivity contribution in [3.8, 4) is 0 Å². The lowest BCUT2D eigenvalue weighted by Gasteiger charge is -2.17. The van der Waals surface area contributed by atoms with E-state index in [0.29, 0.717) is 31.0 Å². The fourth-order valence-corrected chi connectivity index (χ4v) is 3.11. The van der Waals surface area contributed by atoms with E-state index < -0.39 is 0 Å². The number of likely N-dealkylation sites (tertiary alicyclic amines) is 1. The van der Waals surface area contributed by atoms with Crippen molar-refractivity contribution in [1.29, 1.82) is 0 Å². The van der Waals surface area contributed by atoms with Gasteiger partial charge in [0.15, 0.2) is 5.76 Å². The normalized spacial score (nSPS) is 17.3. The molecule has 3 rings (SSSR count). The molecule has 2 aromatic rings. The Kier molecular flexibility index (Phi) is 4.69. The van der Waals surface area contributed by atoms with E-state index >= 15 is 0 Å². The highest BCUT2D eigenvalue weighted by atomic mass is 16.3. The first-order chi connectivity index (χ1) is 11.5. The number of rotatable bonds is 5. The second-order valence-electron chi connectivity index (χ2n) is 6.32. The summed E-state index contributed by atoms with van der Waals surface area (Å²) in [6.07, 6.45) is 1.17. The van der Waals surface area contributed by atoms with Crippen molar-refractivity contribution in [3.05, 3.63) is 59.0 Å². The van der Waals surface area contributed by atoms with Crippen LogP contribution in [0.15, 0.2) is 40.8 Å². The molecular weight excluding hydrogens is 304 g/mol. The Morgan fingerprint density at radius 1 is 1.29 bits per heavy atom. The molecule has 1 aromatic heterocycles. The summed E-state index contributed by atoms with van der Waals surface area (Å²) in [6.45, 7) is 4.88. The summed E-state index contributed by atoms with van der Waals surface area (Å²) in [5.41, 5.74) is 2.02. The number of hydrogen-bond acceptors (Lipinski definition) is 3. The third-order valence-electron chi connectivity index (χ3n) is 4.31. The zero-order chi connectivity index (χ0) is 17.1. The van der Waals surface area contributed by atoms with E-state index in [4.69, 9.17) is 4.42 Å².